The molecular formula is C38H50O7. The highest BCUT2D eigenvalue weighted by Gasteiger charge is 2.78. The Morgan fingerprint density at radius 1 is 0.844 bits per heavy atom. The number of hydrogen-bond acceptors (Lipinski definition) is 7. The number of Topliss-reactive ketones (excluding diaryl/α,β-unsaturated/α-hetero) is 1. The predicted octanol–water partition coefficient (Wildman–Crippen LogP) is 7.47. The molecule has 244 valence electrons. The number of phenols is 2. The fraction of sp³-hybridized carbons (Fsp3) is 0.579. The van der Waals surface area contributed by atoms with Crippen molar-refractivity contribution in [3.05, 3.63) is 68.6 Å². The minimum Gasteiger partial charge on any atom is -0.504 e. The van der Waals surface area contributed by atoms with E-state index in [1.54, 1.807) is 6.92 Å². The maximum atomic E-state index is 15.7. The van der Waals surface area contributed by atoms with Crippen LogP contribution in [0.25, 0.3) is 11.0 Å². The maximum Gasteiger partial charge on any atom is 0.199 e. The summed E-state index contributed by atoms with van der Waals surface area (Å²) in [6, 6.07) is 2.35. The smallest absolute Gasteiger partial charge is 0.199 e. The van der Waals surface area contributed by atoms with E-state index < -0.39 is 44.4 Å². The lowest BCUT2D eigenvalue weighted by atomic mass is 9.34. The quantitative estimate of drug-likeness (QED) is 0.195. The lowest BCUT2D eigenvalue weighted by molar-refractivity contribution is -0.238. The second-order valence-corrected chi connectivity index (χ2v) is 15.7. The molecule has 7 heteroatoms. The molecule has 3 aliphatic rings. The highest BCUT2D eigenvalue weighted by molar-refractivity contribution is 6.01. The average Bonchev–Trinajstić information content (AvgIpc) is 2.90. The molecule has 5 rings (SSSR count). The Kier molecular flexibility index (Phi) is 7.90. The SMILES string of the molecule is CC(C)=CC[C@H]1C[C@@]23C[C@@H](CC=C(C)C)[C@](C)(O)C[C@]2(O)c2c(oc4cc(O)c(O)cc4c2=O)[C@@](CC=C(C)C)(C3=O)C1(C)C. The van der Waals surface area contributed by atoms with Gasteiger partial charge in [-0.3, -0.25) is 9.59 Å². The van der Waals surface area contributed by atoms with Crippen LogP contribution in [0.15, 0.2) is 56.3 Å². The zero-order valence-corrected chi connectivity index (χ0v) is 28.3. The molecule has 3 aliphatic carbocycles. The van der Waals surface area contributed by atoms with Gasteiger partial charge in [0.2, 0.25) is 0 Å². The fourth-order valence-electron chi connectivity index (χ4n) is 8.89. The first-order valence-corrected chi connectivity index (χ1v) is 16.2. The van der Waals surface area contributed by atoms with Gasteiger partial charge < -0.3 is 24.8 Å². The summed E-state index contributed by atoms with van der Waals surface area (Å²) in [4.78, 5) is 30.4. The second-order valence-electron chi connectivity index (χ2n) is 15.7. The van der Waals surface area contributed by atoms with E-state index in [0.29, 0.717) is 19.3 Å². The van der Waals surface area contributed by atoms with Crippen molar-refractivity contribution in [3.8, 4) is 11.5 Å². The topological polar surface area (TPSA) is 128 Å². The lowest BCUT2D eigenvalue weighted by Gasteiger charge is -2.68. The summed E-state index contributed by atoms with van der Waals surface area (Å²) in [5.74, 6) is -1.39. The largest absolute Gasteiger partial charge is 0.504 e. The van der Waals surface area contributed by atoms with Crippen LogP contribution in [-0.2, 0) is 15.8 Å². The predicted molar refractivity (Wildman–Crippen MR) is 176 cm³/mol. The Hall–Kier alpha value is -3.16. The molecule has 1 aromatic carbocycles. The number of carbonyl (C=O) groups is 1. The Morgan fingerprint density at radius 2 is 1.38 bits per heavy atom. The van der Waals surface area contributed by atoms with Crippen molar-refractivity contribution >= 4 is 16.8 Å². The number of rotatable bonds is 6. The van der Waals surface area contributed by atoms with Gasteiger partial charge in [-0.15, -0.1) is 0 Å². The number of phenolic OH excluding ortho intramolecular Hbond substituents is 2. The van der Waals surface area contributed by atoms with Crippen LogP contribution in [0.1, 0.15) is 112 Å². The summed E-state index contributed by atoms with van der Waals surface area (Å²) in [6.45, 7) is 17.9. The van der Waals surface area contributed by atoms with Gasteiger partial charge in [-0.1, -0.05) is 48.8 Å². The van der Waals surface area contributed by atoms with Crippen LogP contribution in [0.5, 0.6) is 11.5 Å². The van der Waals surface area contributed by atoms with E-state index in [-0.39, 0.29) is 59.2 Å². The highest BCUT2D eigenvalue weighted by Crippen LogP contribution is 2.73. The maximum absolute atomic E-state index is 15.7. The van der Waals surface area contributed by atoms with Gasteiger partial charge in [-0.05, 0) is 104 Å². The molecule has 0 saturated heterocycles. The summed E-state index contributed by atoms with van der Waals surface area (Å²) in [6.07, 6.45) is 8.11. The van der Waals surface area contributed by atoms with Crippen molar-refractivity contribution in [1.82, 2.24) is 0 Å². The van der Waals surface area contributed by atoms with Crippen LogP contribution in [0.3, 0.4) is 0 Å². The zero-order valence-electron chi connectivity index (χ0n) is 28.3. The van der Waals surface area contributed by atoms with Crippen LogP contribution >= 0.6 is 0 Å². The first kappa shape index (κ1) is 33.2. The summed E-state index contributed by atoms with van der Waals surface area (Å²) in [5, 5.41) is 45.9. The van der Waals surface area contributed by atoms with Gasteiger partial charge >= 0.3 is 0 Å². The van der Waals surface area contributed by atoms with Crippen LogP contribution < -0.4 is 5.43 Å². The van der Waals surface area contributed by atoms with Crippen molar-refractivity contribution in [2.75, 3.05) is 0 Å². The third kappa shape index (κ3) is 4.67. The molecule has 0 radical (unpaired) electrons. The van der Waals surface area contributed by atoms with Crippen LogP contribution in [0.2, 0.25) is 0 Å². The van der Waals surface area contributed by atoms with Gasteiger partial charge in [0.1, 0.15) is 16.9 Å². The molecule has 2 saturated carbocycles. The highest BCUT2D eigenvalue weighted by atomic mass is 16.3. The Bertz CT molecular complexity index is 1700. The lowest BCUT2D eigenvalue weighted by Crippen LogP contribution is -2.75. The molecule has 1 spiro atoms. The fourth-order valence-corrected chi connectivity index (χ4v) is 8.89. The molecule has 1 heterocycles. The number of benzene rings is 1. The van der Waals surface area contributed by atoms with Crippen molar-refractivity contribution in [1.29, 1.82) is 0 Å². The minimum atomic E-state index is -2.03. The molecule has 6 atom stereocenters. The Labute approximate surface area is 266 Å². The number of aromatic hydroxyl groups is 2. The van der Waals surface area contributed by atoms with Gasteiger partial charge in [-0.2, -0.15) is 0 Å². The first-order chi connectivity index (χ1) is 20.7. The van der Waals surface area contributed by atoms with Crippen molar-refractivity contribution < 1.29 is 29.6 Å². The van der Waals surface area contributed by atoms with Gasteiger partial charge in [0.25, 0.3) is 0 Å². The summed E-state index contributed by atoms with van der Waals surface area (Å²) in [5.41, 5.74) is -4.10. The molecule has 2 fully saturated rings. The van der Waals surface area contributed by atoms with E-state index in [4.69, 9.17) is 4.42 Å². The molecule has 0 unspecified atom stereocenters. The monoisotopic (exact) mass is 618 g/mol. The number of aliphatic hydroxyl groups is 2. The normalized spacial score (nSPS) is 33.2. The third-order valence-corrected chi connectivity index (χ3v) is 11.6. The minimum absolute atomic E-state index is 0.00242. The van der Waals surface area contributed by atoms with Gasteiger partial charge in [0, 0.05) is 12.5 Å². The van der Waals surface area contributed by atoms with E-state index in [2.05, 4.69) is 26.0 Å². The third-order valence-electron chi connectivity index (χ3n) is 11.6. The number of ketones is 1. The van der Waals surface area contributed by atoms with Gasteiger partial charge in [0.15, 0.2) is 22.7 Å². The van der Waals surface area contributed by atoms with E-state index in [0.717, 1.165) is 22.8 Å². The number of hydrogen-bond donors (Lipinski definition) is 4. The summed E-state index contributed by atoms with van der Waals surface area (Å²) in [7, 11) is 0. The molecule has 0 amide bonds. The van der Waals surface area contributed by atoms with E-state index in [1.165, 1.54) is 6.07 Å². The number of fused-ring (bicyclic) bond motifs is 5. The molecule has 2 bridgehead atoms. The van der Waals surface area contributed by atoms with Gasteiger partial charge in [-0.25, -0.2) is 0 Å². The Balaban J connectivity index is 1.97. The molecule has 1 aromatic heterocycles. The average molecular weight is 619 g/mol. The summed E-state index contributed by atoms with van der Waals surface area (Å²) < 4.78 is 6.60. The van der Waals surface area contributed by atoms with E-state index in [9.17, 15) is 25.2 Å². The molecular weight excluding hydrogens is 568 g/mol. The first-order valence-electron chi connectivity index (χ1n) is 16.2. The van der Waals surface area contributed by atoms with Gasteiger partial charge in [0.05, 0.1) is 27.4 Å². The molecule has 4 N–H and O–H groups in total. The van der Waals surface area contributed by atoms with Crippen molar-refractivity contribution in [2.24, 2.45) is 22.7 Å². The van der Waals surface area contributed by atoms with Crippen LogP contribution in [0, 0.1) is 22.7 Å². The zero-order chi connectivity index (χ0) is 33.5. The second kappa shape index (κ2) is 10.7. The molecule has 45 heavy (non-hydrogen) atoms. The van der Waals surface area contributed by atoms with Crippen molar-refractivity contribution in [2.45, 2.75) is 117 Å². The van der Waals surface area contributed by atoms with E-state index >= 15 is 4.79 Å². The summed E-state index contributed by atoms with van der Waals surface area (Å²) >= 11 is 0. The number of allylic oxidation sites excluding steroid dienone is 6. The number of carbonyl (C=O) groups excluding carboxylic acids is 1. The molecule has 2 aromatic rings. The van der Waals surface area contributed by atoms with Crippen LogP contribution in [-0.4, -0.2) is 31.8 Å². The van der Waals surface area contributed by atoms with Crippen molar-refractivity contribution in [3.63, 3.8) is 0 Å². The standard InChI is InChI=1S/C38H50O7/c1-21(2)10-12-24-18-36-19-25(13-11-22(3)4)35(9,43)20-38(36,44)30-31(41)26-16-27(39)28(40)17-29(26)45-32(30)37(33(36)42,34(24,7)8)15-14-23(5)6/h10-11,14,16-17,24-25,39-40,43-44H,12-13,15,18-20H2,1-9H3/t24-,25+,35+,36-,37-,38-/m0/s1. The van der Waals surface area contributed by atoms with E-state index in [1.807, 2.05) is 47.6 Å². The molecule has 0 aliphatic heterocycles. The van der Waals surface area contributed by atoms with Crippen LogP contribution in [0.4, 0.5) is 0 Å². The molecule has 7 nitrogen and oxygen atoms in total. The Morgan fingerprint density at radius 3 is 1.96 bits per heavy atom.